The van der Waals surface area contributed by atoms with E-state index in [1.807, 2.05) is 13.8 Å². The minimum Gasteiger partial charge on any atom is -0.460 e. The highest BCUT2D eigenvalue weighted by Gasteiger charge is 2.76. The zero-order valence-electron chi connectivity index (χ0n) is 12.5. The first-order valence-corrected chi connectivity index (χ1v) is 9.04. The van der Waals surface area contributed by atoms with Gasteiger partial charge in [-0.2, -0.15) is 0 Å². The summed E-state index contributed by atoms with van der Waals surface area (Å²) >= 11 is 26.4. The normalized spacial score (nSPS) is 58.0. The van der Waals surface area contributed by atoms with E-state index in [-0.39, 0.29) is 17.8 Å². The van der Waals surface area contributed by atoms with Gasteiger partial charge >= 0.3 is 5.97 Å². The molecule has 2 saturated carbocycles. The van der Waals surface area contributed by atoms with Gasteiger partial charge in [-0.1, -0.05) is 13.8 Å². The van der Waals surface area contributed by atoms with Crippen LogP contribution in [0.25, 0.3) is 0 Å². The molecule has 1 aliphatic heterocycles. The summed E-state index contributed by atoms with van der Waals surface area (Å²) in [4.78, 5) is 21.9. The first-order chi connectivity index (χ1) is 10.00. The monoisotopic (exact) mass is 386 g/mol. The van der Waals surface area contributed by atoms with Crippen molar-refractivity contribution in [2.24, 2.45) is 17.3 Å². The van der Waals surface area contributed by atoms with E-state index in [0.29, 0.717) is 6.42 Å². The van der Waals surface area contributed by atoms with Gasteiger partial charge < -0.3 is 4.74 Å². The molecule has 22 heavy (non-hydrogen) atoms. The highest BCUT2D eigenvalue weighted by molar-refractivity contribution is 6.51. The van der Waals surface area contributed by atoms with Crippen LogP contribution in [0.4, 0.5) is 0 Å². The number of rotatable bonds is 0. The zero-order valence-corrected chi connectivity index (χ0v) is 15.6. The van der Waals surface area contributed by atoms with Crippen LogP contribution in [0, 0.1) is 17.3 Å². The third-order valence-corrected chi connectivity index (χ3v) is 9.05. The molecular formula is C15H18Cl4O3. The Morgan fingerprint density at radius 1 is 1.18 bits per heavy atom. The largest absolute Gasteiger partial charge is 0.460 e. The van der Waals surface area contributed by atoms with Gasteiger partial charge in [0, 0.05) is 11.3 Å². The number of halogens is 4. The van der Waals surface area contributed by atoms with Crippen LogP contribution in [0.15, 0.2) is 0 Å². The number of fused-ring (bicyclic) bond motifs is 3. The Kier molecular flexibility index (Phi) is 3.82. The fourth-order valence-corrected chi connectivity index (χ4v) is 6.50. The topological polar surface area (TPSA) is 43.4 Å². The van der Waals surface area contributed by atoms with Crippen LogP contribution < -0.4 is 0 Å². The Hall–Kier alpha value is 0.300. The third-order valence-electron chi connectivity index (χ3n) is 6.13. The number of hydrogen-bond acceptors (Lipinski definition) is 3. The summed E-state index contributed by atoms with van der Waals surface area (Å²) in [7, 11) is 0. The standard InChI is InChI=1S/C15H18Cl4O3/c1-6-7-4-5-13(2)9(17)8(16)10(20)14(3,18)15(13,19)11(7)22-12(6)21/h6-9,11H,4-5H2,1-3H3/t6-,7-,8-,9-,11-,13?,14+,15+/m0/s1. The van der Waals surface area contributed by atoms with Gasteiger partial charge in [0.05, 0.1) is 11.3 Å². The molecule has 0 aromatic heterocycles. The number of Topliss-reactive ketones (excluding diaryl/α,β-unsaturated/α-hetero) is 1. The van der Waals surface area contributed by atoms with Crippen molar-refractivity contribution in [1.29, 1.82) is 0 Å². The van der Waals surface area contributed by atoms with Crippen molar-refractivity contribution in [3.8, 4) is 0 Å². The maximum atomic E-state index is 12.6. The molecule has 124 valence electrons. The van der Waals surface area contributed by atoms with Gasteiger partial charge in [0.2, 0.25) is 0 Å². The second-order valence-electron chi connectivity index (χ2n) is 7.15. The minimum atomic E-state index is -1.45. The summed E-state index contributed by atoms with van der Waals surface area (Å²) in [5.74, 6) is -1.01. The molecule has 0 aromatic carbocycles. The first kappa shape index (κ1) is 17.1. The molecule has 0 radical (unpaired) electrons. The molecule has 0 aromatic rings. The van der Waals surface area contributed by atoms with E-state index < -0.39 is 37.8 Å². The number of carbonyl (C=O) groups excluding carboxylic acids is 2. The van der Waals surface area contributed by atoms with E-state index in [0.717, 1.165) is 6.42 Å². The smallest absolute Gasteiger partial charge is 0.309 e. The van der Waals surface area contributed by atoms with Crippen molar-refractivity contribution in [3.05, 3.63) is 0 Å². The lowest BCUT2D eigenvalue weighted by Crippen LogP contribution is -2.76. The molecule has 1 unspecified atom stereocenters. The van der Waals surface area contributed by atoms with Gasteiger partial charge in [-0.15, -0.1) is 46.4 Å². The molecule has 0 N–H and O–H groups in total. The van der Waals surface area contributed by atoms with E-state index in [9.17, 15) is 9.59 Å². The highest BCUT2D eigenvalue weighted by atomic mass is 35.5. The van der Waals surface area contributed by atoms with Crippen molar-refractivity contribution in [2.75, 3.05) is 0 Å². The third kappa shape index (κ3) is 1.72. The van der Waals surface area contributed by atoms with Crippen molar-refractivity contribution in [1.82, 2.24) is 0 Å². The lowest BCUT2D eigenvalue weighted by Gasteiger charge is -2.62. The van der Waals surface area contributed by atoms with E-state index in [2.05, 4.69) is 0 Å². The Labute approximate surface area is 149 Å². The zero-order chi connectivity index (χ0) is 16.7. The number of alkyl halides is 4. The van der Waals surface area contributed by atoms with Crippen LogP contribution in [0.3, 0.4) is 0 Å². The number of esters is 1. The second-order valence-corrected chi connectivity index (χ2v) is 9.44. The van der Waals surface area contributed by atoms with E-state index in [1.54, 1.807) is 6.92 Å². The summed E-state index contributed by atoms with van der Waals surface area (Å²) in [6, 6.07) is 0. The molecule has 7 heteroatoms. The molecule has 1 saturated heterocycles. The summed E-state index contributed by atoms with van der Waals surface area (Å²) < 4.78 is 5.57. The molecule has 0 spiro atoms. The molecule has 1 heterocycles. The SMILES string of the molecule is C[C@@H]1C(=O)O[C@H]2[C@H]1CCC1(C)[C@@H](Cl)[C@H](Cl)C(=O)[C@@](C)(Cl)[C@@]21Cl. The number of hydrogen-bond donors (Lipinski definition) is 0. The van der Waals surface area contributed by atoms with Gasteiger partial charge in [-0.25, -0.2) is 0 Å². The number of ether oxygens (including phenoxy) is 1. The van der Waals surface area contributed by atoms with E-state index in [1.165, 1.54) is 0 Å². The van der Waals surface area contributed by atoms with Crippen LogP contribution in [-0.2, 0) is 14.3 Å². The van der Waals surface area contributed by atoms with E-state index in [4.69, 9.17) is 51.1 Å². The average Bonchev–Trinajstić information content (AvgIpc) is 2.75. The lowest BCUT2D eigenvalue weighted by molar-refractivity contribution is -0.152. The Balaban J connectivity index is 2.18. The van der Waals surface area contributed by atoms with Crippen molar-refractivity contribution in [2.45, 2.75) is 60.2 Å². The predicted octanol–water partition coefficient (Wildman–Crippen LogP) is 3.74. The maximum Gasteiger partial charge on any atom is 0.309 e. The van der Waals surface area contributed by atoms with Gasteiger partial charge in [-0.05, 0) is 19.8 Å². The lowest BCUT2D eigenvalue weighted by atomic mass is 9.51. The van der Waals surface area contributed by atoms with Crippen molar-refractivity contribution >= 4 is 58.2 Å². The molecule has 3 rings (SSSR count). The summed E-state index contributed by atoms with van der Waals surface area (Å²) in [5, 5.41) is -1.58. The van der Waals surface area contributed by atoms with Gasteiger partial charge in [0.1, 0.15) is 21.2 Å². The Bertz CT molecular complexity index is 551. The summed E-state index contributed by atoms with van der Waals surface area (Å²) in [6.45, 7) is 5.29. The fourth-order valence-electron chi connectivity index (χ4n) is 4.54. The number of carbonyl (C=O) groups is 2. The highest BCUT2D eigenvalue weighted by Crippen LogP contribution is 2.66. The Morgan fingerprint density at radius 2 is 1.77 bits per heavy atom. The molecular weight excluding hydrogens is 370 g/mol. The molecule has 0 bridgehead atoms. The van der Waals surface area contributed by atoms with Crippen LogP contribution in [0.5, 0.6) is 0 Å². The minimum absolute atomic E-state index is 0.0558. The van der Waals surface area contributed by atoms with Gasteiger partial charge in [0.25, 0.3) is 0 Å². The molecule has 3 aliphatic rings. The van der Waals surface area contributed by atoms with Crippen LogP contribution in [0.2, 0.25) is 0 Å². The second kappa shape index (κ2) is 4.91. The van der Waals surface area contributed by atoms with Gasteiger partial charge in [-0.3, -0.25) is 9.59 Å². The van der Waals surface area contributed by atoms with E-state index >= 15 is 0 Å². The molecule has 0 amide bonds. The predicted molar refractivity (Wildman–Crippen MR) is 87.0 cm³/mol. The maximum absolute atomic E-state index is 12.6. The van der Waals surface area contributed by atoms with Gasteiger partial charge in [0.15, 0.2) is 5.78 Å². The quantitative estimate of drug-likeness (QED) is 0.469. The molecule has 3 nitrogen and oxygen atoms in total. The van der Waals surface area contributed by atoms with Crippen LogP contribution >= 0.6 is 46.4 Å². The number of ketones is 1. The molecule has 8 atom stereocenters. The summed E-state index contributed by atoms with van der Waals surface area (Å²) in [6.07, 6.45) is 0.759. The Morgan fingerprint density at radius 3 is 2.36 bits per heavy atom. The molecule has 3 fully saturated rings. The fraction of sp³-hybridized carbons (Fsp3) is 0.867. The van der Waals surface area contributed by atoms with Crippen molar-refractivity contribution < 1.29 is 14.3 Å². The van der Waals surface area contributed by atoms with Crippen LogP contribution in [-0.4, -0.2) is 38.4 Å². The van der Waals surface area contributed by atoms with Crippen molar-refractivity contribution in [3.63, 3.8) is 0 Å². The average molecular weight is 388 g/mol. The van der Waals surface area contributed by atoms with Crippen LogP contribution in [0.1, 0.15) is 33.6 Å². The first-order valence-electron chi connectivity index (χ1n) is 7.41. The summed E-state index contributed by atoms with van der Waals surface area (Å²) in [5.41, 5.74) is -0.710. The molecule has 2 aliphatic carbocycles.